The Morgan fingerprint density at radius 1 is 0.306 bits per heavy atom. The van der Waals surface area contributed by atoms with Gasteiger partial charge in [-0.05, 0) is 143 Å². The van der Waals surface area contributed by atoms with Crippen LogP contribution in [0.3, 0.4) is 0 Å². The van der Waals surface area contributed by atoms with Crippen molar-refractivity contribution in [1.82, 2.24) is 18.3 Å². The van der Waals surface area contributed by atoms with Gasteiger partial charge in [0.15, 0.2) is 0 Å². The summed E-state index contributed by atoms with van der Waals surface area (Å²) in [5, 5.41) is 9.71. The maximum atomic E-state index is 15.4. The zero-order valence-corrected chi connectivity index (χ0v) is 39.2. The molecule has 1 aliphatic carbocycles. The number of aromatic nitrogens is 4. The molecule has 0 amide bonds. The molecular formula is C67H44N4O. The molecule has 14 aromatic rings. The van der Waals surface area contributed by atoms with E-state index in [0.717, 1.165) is 84.0 Å². The Morgan fingerprint density at radius 2 is 0.722 bits per heavy atom. The molecule has 0 aliphatic heterocycles. The second kappa shape index (κ2) is 15.8. The number of hydrogen-bond donors (Lipinski definition) is 0. The van der Waals surface area contributed by atoms with Crippen LogP contribution >= 0.6 is 0 Å². The van der Waals surface area contributed by atoms with E-state index in [1.807, 2.05) is 10.6 Å². The zero-order valence-electron chi connectivity index (χ0n) is 39.2. The smallest absolute Gasteiger partial charge is 0.263 e. The first kappa shape index (κ1) is 40.4. The van der Waals surface area contributed by atoms with Crippen LogP contribution in [-0.4, -0.2) is 18.3 Å². The molecule has 72 heavy (non-hydrogen) atoms. The highest BCUT2D eigenvalue weighted by Gasteiger charge is 2.21. The van der Waals surface area contributed by atoms with Gasteiger partial charge in [0, 0.05) is 65.5 Å². The average Bonchev–Trinajstić information content (AvgIpc) is 4.09. The first-order valence-electron chi connectivity index (χ1n) is 24.8. The van der Waals surface area contributed by atoms with E-state index in [-0.39, 0.29) is 11.6 Å². The van der Waals surface area contributed by atoms with Gasteiger partial charge in [-0.3, -0.25) is 9.36 Å². The van der Waals surface area contributed by atoms with Crippen molar-refractivity contribution in [3.63, 3.8) is 0 Å². The number of allylic oxidation sites excluding steroid dienone is 4. The molecule has 4 heterocycles. The molecule has 338 valence electrons. The molecule has 0 saturated carbocycles. The van der Waals surface area contributed by atoms with Gasteiger partial charge in [0.25, 0.3) is 5.56 Å². The molecule has 0 spiro atoms. The molecule has 5 nitrogen and oxygen atoms in total. The number of rotatable bonds is 6. The molecule has 4 aromatic heterocycles. The molecule has 0 fully saturated rings. The summed E-state index contributed by atoms with van der Waals surface area (Å²) in [6, 6.07) is 80.6. The third-order valence-electron chi connectivity index (χ3n) is 15.3. The van der Waals surface area contributed by atoms with Crippen LogP contribution in [0.25, 0.3) is 126 Å². The van der Waals surface area contributed by atoms with E-state index in [1.165, 1.54) is 43.5 Å². The van der Waals surface area contributed by atoms with E-state index in [9.17, 15) is 0 Å². The summed E-state index contributed by atoms with van der Waals surface area (Å²) in [7, 11) is 0. The molecule has 0 radical (unpaired) electrons. The summed E-state index contributed by atoms with van der Waals surface area (Å²) in [5.41, 5.74) is 15.3. The SMILES string of the molecule is O=c1c2ccc(-c3ccc4c(c3)c3ccccc3n4-c3ccccc3)cc2c2cc(-c3ccc4c(c3)c3ccccc3n4-c3ccccc3)ccc2n1-c1ccc2c(c1)c1ccccc1n2C1C=CC=CC1. The highest BCUT2D eigenvalue weighted by molar-refractivity contribution is 6.14. The fourth-order valence-electron chi connectivity index (χ4n) is 12.0. The van der Waals surface area contributed by atoms with Crippen molar-refractivity contribution >= 4 is 87.1 Å². The molecule has 0 bridgehead atoms. The predicted octanol–water partition coefficient (Wildman–Crippen LogP) is 16.8. The third-order valence-corrected chi connectivity index (χ3v) is 15.3. The zero-order chi connectivity index (χ0) is 47.4. The van der Waals surface area contributed by atoms with Gasteiger partial charge in [-0.15, -0.1) is 0 Å². The lowest BCUT2D eigenvalue weighted by Gasteiger charge is -2.19. The Kier molecular flexibility index (Phi) is 8.87. The van der Waals surface area contributed by atoms with Crippen molar-refractivity contribution in [2.24, 2.45) is 0 Å². The van der Waals surface area contributed by atoms with E-state index in [0.29, 0.717) is 5.39 Å². The highest BCUT2D eigenvalue weighted by atomic mass is 16.1. The Bertz CT molecular complexity index is 4680. The maximum absolute atomic E-state index is 15.4. The van der Waals surface area contributed by atoms with Gasteiger partial charge in [0.05, 0.1) is 39.3 Å². The molecule has 15 rings (SSSR count). The van der Waals surface area contributed by atoms with Gasteiger partial charge in [0.1, 0.15) is 0 Å². The number of pyridine rings is 1. The summed E-state index contributed by atoms with van der Waals surface area (Å²) in [4.78, 5) is 15.4. The van der Waals surface area contributed by atoms with E-state index in [4.69, 9.17) is 0 Å². The largest absolute Gasteiger partial charge is 0.333 e. The number of benzene rings is 10. The normalized spacial score (nSPS) is 13.9. The topological polar surface area (TPSA) is 36.8 Å². The van der Waals surface area contributed by atoms with Crippen LogP contribution in [-0.2, 0) is 0 Å². The van der Waals surface area contributed by atoms with Crippen LogP contribution in [0.2, 0.25) is 0 Å². The fourth-order valence-corrected chi connectivity index (χ4v) is 12.0. The minimum atomic E-state index is -0.0447. The summed E-state index contributed by atoms with van der Waals surface area (Å²) >= 11 is 0. The lowest BCUT2D eigenvalue weighted by molar-refractivity contribution is 0.648. The Balaban J connectivity index is 0.956. The van der Waals surface area contributed by atoms with E-state index in [1.54, 1.807) is 0 Å². The van der Waals surface area contributed by atoms with Crippen molar-refractivity contribution in [2.45, 2.75) is 12.5 Å². The molecule has 1 aliphatic rings. The monoisotopic (exact) mass is 920 g/mol. The number of hydrogen-bond acceptors (Lipinski definition) is 1. The fraction of sp³-hybridized carbons (Fsp3) is 0.0299. The standard InChI is InChI=1S/C67H44N4O/c72-67-54-33-28-43(44-29-34-63-56(39-44)51-22-10-13-25-60(51)68(63)47-16-4-1-5-17-47)38-55(54)58-41-46(45-30-35-64-57(40-45)52-23-11-14-26-61(52)69(64)48-18-6-2-7-19-48)31-36-66(58)71(67)50-32-37-65-59(42-50)53-24-12-15-27-62(53)70(65)49-20-8-3-9-21-49/h1-20,22-42,49H,21H2. The molecular weight excluding hydrogens is 877 g/mol. The van der Waals surface area contributed by atoms with Crippen LogP contribution in [0, 0.1) is 0 Å². The van der Waals surface area contributed by atoms with Gasteiger partial charge >= 0.3 is 0 Å². The number of fused-ring (bicyclic) bond motifs is 12. The number of para-hydroxylation sites is 5. The van der Waals surface area contributed by atoms with E-state index >= 15 is 4.79 Å². The summed E-state index contributed by atoms with van der Waals surface area (Å²) in [6.07, 6.45) is 9.73. The first-order chi connectivity index (χ1) is 35.6. The van der Waals surface area contributed by atoms with Crippen molar-refractivity contribution in [3.05, 3.63) is 259 Å². The predicted molar refractivity (Wildman–Crippen MR) is 302 cm³/mol. The Hall–Kier alpha value is -9.45. The van der Waals surface area contributed by atoms with Gasteiger partial charge in [-0.25, -0.2) is 0 Å². The number of nitrogens with zero attached hydrogens (tertiary/aromatic N) is 4. The van der Waals surface area contributed by atoms with Crippen LogP contribution in [0.1, 0.15) is 12.5 Å². The third kappa shape index (κ3) is 6.04. The van der Waals surface area contributed by atoms with Crippen LogP contribution < -0.4 is 5.56 Å². The lowest BCUT2D eigenvalue weighted by Crippen LogP contribution is -2.19. The van der Waals surface area contributed by atoms with E-state index in [2.05, 4.69) is 256 Å². The quantitative estimate of drug-likeness (QED) is 0.153. The lowest BCUT2D eigenvalue weighted by atomic mass is 9.95. The van der Waals surface area contributed by atoms with Gasteiger partial charge < -0.3 is 13.7 Å². The average molecular weight is 921 g/mol. The second-order valence-corrected chi connectivity index (χ2v) is 19.2. The molecule has 1 unspecified atom stereocenters. The molecule has 5 heteroatoms. The van der Waals surface area contributed by atoms with Crippen LogP contribution in [0.4, 0.5) is 0 Å². The van der Waals surface area contributed by atoms with Gasteiger partial charge in [0.2, 0.25) is 0 Å². The summed E-state index contributed by atoms with van der Waals surface area (Å²) in [5.74, 6) is 0. The Morgan fingerprint density at radius 3 is 1.28 bits per heavy atom. The summed E-state index contributed by atoms with van der Waals surface area (Å²) < 4.78 is 9.10. The molecule has 0 saturated heterocycles. The van der Waals surface area contributed by atoms with Crippen LogP contribution in [0.15, 0.2) is 254 Å². The highest BCUT2D eigenvalue weighted by Crippen LogP contribution is 2.41. The van der Waals surface area contributed by atoms with Crippen LogP contribution in [0.5, 0.6) is 0 Å². The van der Waals surface area contributed by atoms with Crippen molar-refractivity contribution in [2.75, 3.05) is 0 Å². The van der Waals surface area contributed by atoms with E-state index < -0.39 is 0 Å². The van der Waals surface area contributed by atoms with Gasteiger partial charge in [-0.1, -0.05) is 140 Å². The maximum Gasteiger partial charge on any atom is 0.263 e. The van der Waals surface area contributed by atoms with Crippen molar-refractivity contribution in [3.8, 4) is 39.3 Å². The van der Waals surface area contributed by atoms with Crippen molar-refractivity contribution < 1.29 is 0 Å². The summed E-state index contributed by atoms with van der Waals surface area (Å²) in [6.45, 7) is 0. The van der Waals surface area contributed by atoms with Gasteiger partial charge in [-0.2, -0.15) is 0 Å². The van der Waals surface area contributed by atoms with Crippen molar-refractivity contribution in [1.29, 1.82) is 0 Å². The second-order valence-electron chi connectivity index (χ2n) is 19.2. The minimum absolute atomic E-state index is 0.0447. The molecule has 0 N–H and O–H groups in total. The first-order valence-corrected chi connectivity index (χ1v) is 24.8. The molecule has 1 atom stereocenters. The molecule has 10 aromatic carbocycles. The minimum Gasteiger partial charge on any atom is -0.333 e. The Labute approximate surface area is 414 Å².